The Morgan fingerprint density at radius 2 is 1.88 bits per heavy atom. The van der Waals surface area contributed by atoms with E-state index in [1.165, 1.54) is 11.0 Å². The number of carbonyl (C=O) groups is 2. The van der Waals surface area contributed by atoms with Crippen LogP contribution >= 0.6 is 0 Å². The van der Waals surface area contributed by atoms with Gasteiger partial charge in [0.15, 0.2) is 0 Å². The number of nitrogens with zero attached hydrogens (tertiary/aromatic N) is 1. The van der Waals surface area contributed by atoms with Crippen molar-refractivity contribution in [1.29, 1.82) is 0 Å². The quantitative estimate of drug-likeness (QED) is 0.743. The standard InChI is InChI=1S/C20H27NO5/c1-13(2)9-17(19(23)24)21-12-16(10-18(21)22)26-15-7-5-14(6-8-15)11-20(3,4)25/h5-8,10,13,17,25H,9,11-12H2,1-4H3,(H,23,24)/t17-/m0/s1. The number of rotatable bonds is 8. The Hall–Kier alpha value is -2.34. The second kappa shape index (κ2) is 7.91. The Morgan fingerprint density at radius 3 is 2.38 bits per heavy atom. The number of benzene rings is 1. The summed E-state index contributed by atoms with van der Waals surface area (Å²) in [7, 11) is 0. The number of aliphatic hydroxyl groups is 1. The molecule has 6 heteroatoms. The van der Waals surface area contributed by atoms with E-state index < -0.39 is 17.6 Å². The van der Waals surface area contributed by atoms with E-state index in [0.29, 0.717) is 24.4 Å². The highest BCUT2D eigenvalue weighted by Gasteiger charge is 2.34. The third-order valence-corrected chi connectivity index (χ3v) is 4.06. The molecular formula is C20H27NO5. The summed E-state index contributed by atoms with van der Waals surface area (Å²) in [4.78, 5) is 25.0. The molecule has 2 N–H and O–H groups in total. The second-order valence-corrected chi connectivity index (χ2v) is 7.80. The summed E-state index contributed by atoms with van der Waals surface area (Å²) in [5.41, 5.74) is 0.191. The molecule has 1 amide bonds. The topological polar surface area (TPSA) is 87.1 Å². The van der Waals surface area contributed by atoms with E-state index in [1.807, 2.05) is 26.0 Å². The molecule has 142 valence electrons. The molecule has 0 spiro atoms. The van der Waals surface area contributed by atoms with Gasteiger partial charge in [-0.1, -0.05) is 26.0 Å². The lowest BCUT2D eigenvalue weighted by Crippen LogP contribution is -2.43. The number of aliphatic carboxylic acids is 1. The van der Waals surface area contributed by atoms with E-state index in [1.54, 1.807) is 26.0 Å². The van der Waals surface area contributed by atoms with Gasteiger partial charge in [-0.3, -0.25) is 4.79 Å². The first-order valence-corrected chi connectivity index (χ1v) is 8.78. The van der Waals surface area contributed by atoms with Crippen LogP contribution in [0.15, 0.2) is 36.1 Å². The Kier molecular flexibility index (Phi) is 6.08. The van der Waals surface area contributed by atoms with Crippen LogP contribution in [0.1, 0.15) is 39.7 Å². The van der Waals surface area contributed by atoms with E-state index in [4.69, 9.17) is 4.74 Å². The van der Waals surface area contributed by atoms with Gasteiger partial charge in [-0.05, 0) is 43.9 Å². The van der Waals surface area contributed by atoms with Crippen molar-refractivity contribution in [3.05, 3.63) is 41.7 Å². The first kappa shape index (κ1) is 20.0. The van der Waals surface area contributed by atoms with Crippen LogP contribution in [0.4, 0.5) is 0 Å². The zero-order chi connectivity index (χ0) is 19.5. The molecule has 1 atom stereocenters. The van der Waals surface area contributed by atoms with E-state index in [9.17, 15) is 19.8 Å². The minimum absolute atomic E-state index is 0.147. The van der Waals surface area contributed by atoms with E-state index in [0.717, 1.165) is 5.56 Å². The van der Waals surface area contributed by atoms with Gasteiger partial charge in [-0.25, -0.2) is 4.79 Å². The van der Waals surface area contributed by atoms with Crippen LogP contribution < -0.4 is 4.74 Å². The van der Waals surface area contributed by atoms with Crippen LogP contribution in [-0.4, -0.2) is 45.2 Å². The number of amides is 1. The van der Waals surface area contributed by atoms with Gasteiger partial charge in [0.05, 0.1) is 12.1 Å². The van der Waals surface area contributed by atoms with Crippen LogP contribution in [0.5, 0.6) is 5.75 Å². The average Bonchev–Trinajstić information content (AvgIpc) is 2.85. The monoisotopic (exact) mass is 361 g/mol. The molecule has 0 radical (unpaired) electrons. The molecule has 1 aliphatic rings. The largest absolute Gasteiger partial charge is 0.480 e. The van der Waals surface area contributed by atoms with E-state index >= 15 is 0 Å². The van der Waals surface area contributed by atoms with Gasteiger partial charge in [0.1, 0.15) is 17.6 Å². The highest BCUT2D eigenvalue weighted by atomic mass is 16.5. The summed E-state index contributed by atoms with van der Waals surface area (Å²) in [6.45, 7) is 7.50. The lowest BCUT2D eigenvalue weighted by molar-refractivity contribution is -0.148. The number of carbonyl (C=O) groups excluding carboxylic acids is 1. The Balaban J connectivity index is 2.02. The molecule has 2 rings (SSSR count). The SMILES string of the molecule is CC(C)C[C@@H](C(=O)O)N1CC(Oc2ccc(CC(C)(C)O)cc2)=CC1=O. The van der Waals surface area contributed by atoms with Crippen molar-refractivity contribution in [2.75, 3.05) is 6.54 Å². The van der Waals surface area contributed by atoms with Crippen molar-refractivity contribution >= 4 is 11.9 Å². The number of hydrogen-bond acceptors (Lipinski definition) is 4. The van der Waals surface area contributed by atoms with Gasteiger partial charge >= 0.3 is 5.97 Å². The van der Waals surface area contributed by atoms with Crippen molar-refractivity contribution < 1.29 is 24.5 Å². The lowest BCUT2D eigenvalue weighted by Gasteiger charge is -2.25. The van der Waals surface area contributed by atoms with E-state index in [2.05, 4.69) is 0 Å². The fourth-order valence-electron chi connectivity index (χ4n) is 2.97. The molecule has 0 bridgehead atoms. The predicted molar refractivity (Wildman–Crippen MR) is 97.7 cm³/mol. The molecule has 1 aromatic carbocycles. The maximum Gasteiger partial charge on any atom is 0.326 e. The molecule has 1 aliphatic heterocycles. The van der Waals surface area contributed by atoms with Crippen molar-refractivity contribution in [2.45, 2.75) is 52.2 Å². The minimum Gasteiger partial charge on any atom is -0.480 e. The molecule has 0 fully saturated rings. The Morgan fingerprint density at radius 1 is 1.27 bits per heavy atom. The smallest absolute Gasteiger partial charge is 0.326 e. The minimum atomic E-state index is -1.00. The second-order valence-electron chi connectivity index (χ2n) is 7.80. The van der Waals surface area contributed by atoms with Crippen molar-refractivity contribution in [2.24, 2.45) is 5.92 Å². The highest BCUT2D eigenvalue weighted by Crippen LogP contribution is 2.23. The molecule has 0 aliphatic carbocycles. The van der Waals surface area contributed by atoms with Crippen LogP contribution in [-0.2, 0) is 16.0 Å². The molecule has 0 unspecified atom stereocenters. The van der Waals surface area contributed by atoms with Gasteiger partial charge in [0, 0.05) is 12.5 Å². The molecule has 26 heavy (non-hydrogen) atoms. The zero-order valence-corrected chi connectivity index (χ0v) is 15.7. The van der Waals surface area contributed by atoms with E-state index in [-0.39, 0.29) is 18.4 Å². The summed E-state index contributed by atoms with van der Waals surface area (Å²) in [6.07, 6.45) is 2.27. The van der Waals surface area contributed by atoms with Gasteiger partial charge in [-0.2, -0.15) is 0 Å². The number of hydrogen-bond donors (Lipinski definition) is 2. The summed E-state index contributed by atoms with van der Waals surface area (Å²) in [5.74, 6) is -0.178. The lowest BCUT2D eigenvalue weighted by atomic mass is 9.99. The highest BCUT2D eigenvalue weighted by molar-refractivity contribution is 5.94. The maximum absolute atomic E-state index is 12.2. The molecule has 0 aromatic heterocycles. The summed E-state index contributed by atoms with van der Waals surface area (Å²) in [5, 5.41) is 19.3. The molecule has 1 heterocycles. The molecule has 0 saturated heterocycles. The zero-order valence-electron chi connectivity index (χ0n) is 15.7. The van der Waals surface area contributed by atoms with Gasteiger partial charge in [-0.15, -0.1) is 0 Å². The molecule has 1 aromatic rings. The number of carboxylic acid groups (broad SMARTS) is 1. The van der Waals surface area contributed by atoms with Gasteiger partial charge in [0.2, 0.25) is 0 Å². The Labute approximate surface area is 154 Å². The summed E-state index contributed by atoms with van der Waals surface area (Å²) >= 11 is 0. The molecular weight excluding hydrogens is 334 g/mol. The Bertz CT molecular complexity index is 685. The molecule has 0 saturated carbocycles. The maximum atomic E-state index is 12.2. The summed E-state index contributed by atoms with van der Waals surface area (Å²) in [6, 6.07) is 6.42. The van der Waals surface area contributed by atoms with Gasteiger partial charge < -0.3 is 19.8 Å². The number of carboxylic acids is 1. The van der Waals surface area contributed by atoms with Crippen molar-refractivity contribution in [3.8, 4) is 5.75 Å². The summed E-state index contributed by atoms with van der Waals surface area (Å²) < 4.78 is 5.74. The average molecular weight is 361 g/mol. The van der Waals surface area contributed by atoms with Crippen LogP contribution in [0.3, 0.4) is 0 Å². The van der Waals surface area contributed by atoms with Crippen molar-refractivity contribution in [3.63, 3.8) is 0 Å². The fourth-order valence-corrected chi connectivity index (χ4v) is 2.97. The van der Waals surface area contributed by atoms with Crippen LogP contribution in [0.2, 0.25) is 0 Å². The number of ether oxygens (including phenoxy) is 1. The van der Waals surface area contributed by atoms with Crippen LogP contribution in [0, 0.1) is 5.92 Å². The normalized spacial score (nSPS) is 16.0. The fraction of sp³-hybridized carbons (Fsp3) is 0.500. The third kappa shape index (κ3) is 5.59. The van der Waals surface area contributed by atoms with Crippen molar-refractivity contribution in [1.82, 2.24) is 4.90 Å². The first-order chi connectivity index (χ1) is 12.0. The predicted octanol–water partition coefficient (Wildman–Crippen LogP) is 2.60. The third-order valence-electron chi connectivity index (χ3n) is 4.06. The first-order valence-electron chi connectivity index (χ1n) is 8.78. The molecule has 6 nitrogen and oxygen atoms in total. The van der Waals surface area contributed by atoms with Crippen LogP contribution in [0.25, 0.3) is 0 Å². The van der Waals surface area contributed by atoms with Gasteiger partial charge in [0.25, 0.3) is 5.91 Å².